The Hall–Kier alpha value is -3.04. The van der Waals surface area contributed by atoms with E-state index in [2.05, 4.69) is 0 Å². The van der Waals surface area contributed by atoms with Crippen molar-refractivity contribution in [1.29, 1.82) is 0 Å². The third-order valence-electron chi connectivity index (χ3n) is 5.02. The van der Waals surface area contributed by atoms with Crippen LogP contribution in [0.3, 0.4) is 0 Å². The molecule has 7 nitrogen and oxygen atoms in total. The zero-order valence-corrected chi connectivity index (χ0v) is 20.6. The topological polar surface area (TPSA) is 76.1 Å². The van der Waals surface area contributed by atoms with Gasteiger partial charge in [-0.05, 0) is 73.8 Å². The number of likely N-dealkylation sites (N-methyl/N-ethyl adjacent to an activating group) is 1. The molecule has 0 bridgehead atoms. The lowest BCUT2D eigenvalue weighted by Gasteiger charge is -2.21. The van der Waals surface area contributed by atoms with E-state index in [4.69, 9.17) is 9.47 Å². The smallest absolute Gasteiger partial charge is 0.264 e. The molecule has 176 valence electrons. The molecular weight excluding hydrogens is 460 g/mol. The van der Waals surface area contributed by atoms with Gasteiger partial charge in [0.25, 0.3) is 15.9 Å². The van der Waals surface area contributed by atoms with Crippen molar-refractivity contribution in [2.45, 2.75) is 25.3 Å². The Kier molecular flexibility index (Phi) is 8.35. The summed E-state index contributed by atoms with van der Waals surface area (Å²) >= 11 is 1.61. The average Bonchev–Trinajstić information content (AvgIpc) is 3.35. The highest BCUT2D eigenvalue weighted by atomic mass is 32.2. The van der Waals surface area contributed by atoms with Crippen LogP contribution >= 0.6 is 11.3 Å². The fraction of sp³-hybridized carbons (Fsp3) is 0.292. The summed E-state index contributed by atoms with van der Waals surface area (Å²) in [5.41, 5.74) is 0.482. The summed E-state index contributed by atoms with van der Waals surface area (Å²) in [6.07, 6.45) is 0. The number of hydrogen-bond donors (Lipinski definition) is 0. The van der Waals surface area contributed by atoms with Crippen LogP contribution < -0.4 is 13.8 Å². The number of rotatable bonds is 11. The van der Waals surface area contributed by atoms with Gasteiger partial charge in [0.05, 0.1) is 23.7 Å². The van der Waals surface area contributed by atoms with E-state index in [-0.39, 0.29) is 17.4 Å². The third-order valence-corrected chi connectivity index (χ3v) is 7.68. The van der Waals surface area contributed by atoms with E-state index >= 15 is 0 Å². The van der Waals surface area contributed by atoms with Gasteiger partial charge in [-0.2, -0.15) is 0 Å². The van der Waals surface area contributed by atoms with Crippen molar-refractivity contribution in [2.24, 2.45) is 0 Å². The summed E-state index contributed by atoms with van der Waals surface area (Å²) in [7, 11) is -2.23. The third kappa shape index (κ3) is 6.27. The van der Waals surface area contributed by atoms with Crippen LogP contribution in [0.2, 0.25) is 0 Å². The maximum absolute atomic E-state index is 12.9. The van der Waals surface area contributed by atoms with Gasteiger partial charge in [-0.25, -0.2) is 8.42 Å². The summed E-state index contributed by atoms with van der Waals surface area (Å²) in [5.74, 6) is 1.00. The predicted molar refractivity (Wildman–Crippen MR) is 131 cm³/mol. The van der Waals surface area contributed by atoms with E-state index in [1.165, 1.54) is 23.5 Å². The number of benzene rings is 2. The van der Waals surface area contributed by atoms with Crippen LogP contribution in [0.25, 0.3) is 0 Å². The number of amides is 1. The van der Waals surface area contributed by atoms with Gasteiger partial charge >= 0.3 is 0 Å². The van der Waals surface area contributed by atoms with Crippen LogP contribution in [-0.4, -0.2) is 46.0 Å². The number of thiophene rings is 1. The zero-order valence-electron chi connectivity index (χ0n) is 18.9. The Morgan fingerprint density at radius 2 is 1.58 bits per heavy atom. The van der Waals surface area contributed by atoms with Crippen LogP contribution in [0.4, 0.5) is 5.69 Å². The summed E-state index contributed by atoms with van der Waals surface area (Å²) in [5, 5.41) is 1.98. The molecule has 1 heterocycles. The van der Waals surface area contributed by atoms with Gasteiger partial charge in [-0.1, -0.05) is 6.07 Å². The lowest BCUT2D eigenvalue weighted by atomic mass is 10.3. The Bertz CT molecular complexity index is 1130. The van der Waals surface area contributed by atoms with E-state index in [0.717, 1.165) is 4.88 Å². The lowest BCUT2D eigenvalue weighted by molar-refractivity contribution is -0.133. The molecule has 1 aromatic heterocycles. The normalized spacial score (nSPS) is 11.1. The first-order valence-corrected chi connectivity index (χ1v) is 12.9. The minimum atomic E-state index is -3.72. The van der Waals surface area contributed by atoms with Gasteiger partial charge in [0.1, 0.15) is 11.5 Å². The minimum absolute atomic E-state index is 0.0844. The van der Waals surface area contributed by atoms with Crippen LogP contribution in [0.1, 0.15) is 18.7 Å². The van der Waals surface area contributed by atoms with E-state index in [0.29, 0.717) is 36.9 Å². The highest BCUT2D eigenvalue weighted by Crippen LogP contribution is 2.25. The van der Waals surface area contributed by atoms with Gasteiger partial charge in [-0.15, -0.1) is 11.3 Å². The van der Waals surface area contributed by atoms with E-state index < -0.39 is 10.0 Å². The van der Waals surface area contributed by atoms with Crippen LogP contribution in [0.5, 0.6) is 11.5 Å². The number of carbonyl (C=O) groups is 1. The minimum Gasteiger partial charge on any atom is -0.494 e. The van der Waals surface area contributed by atoms with Crippen molar-refractivity contribution in [3.63, 3.8) is 0 Å². The fourth-order valence-corrected chi connectivity index (χ4v) is 5.04. The maximum Gasteiger partial charge on any atom is 0.264 e. The Balaban J connectivity index is 1.61. The molecule has 3 aromatic rings. The molecule has 0 aliphatic carbocycles. The van der Waals surface area contributed by atoms with Gasteiger partial charge in [-0.3, -0.25) is 9.10 Å². The fourth-order valence-electron chi connectivity index (χ4n) is 3.13. The lowest BCUT2D eigenvalue weighted by Crippen LogP contribution is -2.34. The molecule has 33 heavy (non-hydrogen) atoms. The molecule has 9 heteroatoms. The zero-order chi connectivity index (χ0) is 23.8. The van der Waals surface area contributed by atoms with Crippen LogP contribution in [-0.2, 0) is 21.4 Å². The molecule has 0 N–H and O–H groups in total. The predicted octanol–water partition coefficient (Wildman–Crippen LogP) is 4.40. The van der Waals surface area contributed by atoms with Crippen molar-refractivity contribution in [3.8, 4) is 11.5 Å². The second kappa shape index (κ2) is 11.2. The molecule has 0 fully saturated rings. The van der Waals surface area contributed by atoms with Gasteiger partial charge < -0.3 is 14.4 Å². The van der Waals surface area contributed by atoms with Crippen molar-refractivity contribution < 1.29 is 22.7 Å². The molecule has 0 saturated heterocycles. The highest BCUT2D eigenvalue weighted by Gasteiger charge is 2.21. The van der Waals surface area contributed by atoms with Gasteiger partial charge in [0.2, 0.25) is 0 Å². The van der Waals surface area contributed by atoms with Crippen LogP contribution in [0.15, 0.2) is 70.9 Å². The largest absolute Gasteiger partial charge is 0.494 e. The first kappa shape index (κ1) is 24.6. The first-order valence-electron chi connectivity index (χ1n) is 10.6. The second-order valence-corrected chi connectivity index (χ2v) is 10.1. The van der Waals surface area contributed by atoms with E-state index in [9.17, 15) is 13.2 Å². The molecule has 0 saturated carbocycles. The number of hydrogen-bond acceptors (Lipinski definition) is 6. The molecule has 3 rings (SSSR count). The molecule has 0 unspecified atom stereocenters. The summed E-state index contributed by atoms with van der Waals surface area (Å²) < 4.78 is 38.1. The summed E-state index contributed by atoms with van der Waals surface area (Å²) in [6, 6.07) is 16.9. The number of ether oxygens (including phenoxy) is 2. The van der Waals surface area contributed by atoms with Gasteiger partial charge in [0, 0.05) is 18.5 Å². The Morgan fingerprint density at radius 3 is 2.15 bits per heavy atom. The average molecular weight is 489 g/mol. The molecule has 0 spiro atoms. The molecule has 0 aliphatic rings. The SMILES string of the molecule is CCOc1ccc(S(=O)(=O)N(C)c2ccc(OCC(=O)N(CC)Cc3cccs3)cc2)cc1. The highest BCUT2D eigenvalue weighted by molar-refractivity contribution is 7.92. The van der Waals surface area contributed by atoms with Crippen molar-refractivity contribution in [1.82, 2.24) is 4.90 Å². The van der Waals surface area contributed by atoms with Gasteiger partial charge in [0.15, 0.2) is 6.61 Å². The van der Waals surface area contributed by atoms with Crippen LogP contribution in [0, 0.1) is 0 Å². The Labute approximate surface area is 199 Å². The Morgan fingerprint density at radius 1 is 0.939 bits per heavy atom. The standard InChI is InChI=1S/C24H28N2O5S2/c1-4-26(17-22-7-6-16-32-22)24(27)18-31-21-10-8-19(9-11-21)25(3)33(28,29)23-14-12-20(13-15-23)30-5-2/h6-16H,4-5,17-18H2,1-3H3. The molecule has 1 amide bonds. The van der Waals surface area contributed by atoms with E-state index in [1.54, 1.807) is 52.6 Å². The second-order valence-electron chi connectivity index (χ2n) is 7.15. The summed E-state index contributed by atoms with van der Waals surface area (Å²) in [6.45, 7) is 5.38. The number of anilines is 1. The monoisotopic (exact) mass is 488 g/mol. The molecule has 2 aromatic carbocycles. The summed E-state index contributed by atoms with van der Waals surface area (Å²) in [4.78, 5) is 15.5. The number of sulfonamides is 1. The maximum atomic E-state index is 12.9. The molecule has 0 aliphatic heterocycles. The number of nitrogens with zero attached hydrogens (tertiary/aromatic N) is 2. The quantitative estimate of drug-likeness (QED) is 0.400. The van der Waals surface area contributed by atoms with Crippen molar-refractivity contribution >= 4 is 33.0 Å². The number of carbonyl (C=O) groups excluding carboxylic acids is 1. The molecule has 0 radical (unpaired) electrons. The molecular formula is C24H28N2O5S2. The first-order chi connectivity index (χ1) is 15.8. The van der Waals surface area contributed by atoms with Crippen molar-refractivity contribution in [2.75, 3.05) is 31.1 Å². The van der Waals surface area contributed by atoms with Crippen molar-refractivity contribution in [3.05, 3.63) is 70.9 Å². The molecule has 0 atom stereocenters. The van der Waals surface area contributed by atoms with E-state index in [1.807, 2.05) is 31.4 Å².